The summed E-state index contributed by atoms with van der Waals surface area (Å²) < 4.78 is 27.5. The van der Waals surface area contributed by atoms with Crippen molar-refractivity contribution in [3.63, 3.8) is 0 Å². The van der Waals surface area contributed by atoms with Gasteiger partial charge in [0.25, 0.3) is 0 Å². The molecule has 3 saturated carbocycles. The third-order valence-corrected chi connectivity index (χ3v) is 14.4. The van der Waals surface area contributed by atoms with E-state index in [2.05, 4.69) is 26.8 Å². The van der Waals surface area contributed by atoms with E-state index in [1.165, 1.54) is 25.7 Å². The highest BCUT2D eigenvalue weighted by atomic mass is 32.2. The van der Waals surface area contributed by atoms with Crippen molar-refractivity contribution in [1.29, 1.82) is 0 Å². The minimum atomic E-state index is -3.51. The Labute approximate surface area is 237 Å². The highest BCUT2D eigenvalue weighted by Gasteiger charge is 2.57. The van der Waals surface area contributed by atoms with E-state index in [4.69, 9.17) is 0 Å². The van der Waals surface area contributed by atoms with Crippen LogP contribution in [0.5, 0.6) is 0 Å². The highest BCUT2D eigenvalue weighted by molar-refractivity contribution is 7.92. The van der Waals surface area contributed by atoms with Gasteiger partial charge in [0.2, 0.25) is 0 Å². The first-order chi connectivity index (χ1) is 18.5. The van der Waals surface area contributed by atoms with Crippen molar-refractivity contribution in [2.75, 3.05) is 0 Å². The summed E-state index contributed by atoms with van der Waals surface area (Å²) in [6.45, 7) is 8.87. The van der Waals surface area contributed by atoms with Gasteiger partial charge >= 0.3 is 0 Å². The third-order valence-electron chi connectivity index (χ3n) is 12.2. The Morgan fingerprint density at radius 1 is 1.00 bits per heavy atom. The summed E-state index contributed by atoms with van der Waals surface area (Å²) in [6, 6.07) is 8.86. The summed E-state index contributed by atoms with van der Waals surface area (Å²) in [4.78, 5) is 0.383. The van der Waals surface area contributed by atoms with Crippen LogP contribution >= 0.6 is 0 Å². The van der Waals surface area contributed by atoms with Crippen molar-refractivity contribution in [2.24, 2.45) is 40.9 Å². The molecule has 39 heavy (non-hydrogen) atoms. The van der Waals surface area contributed by atoms with Crippen molar-refractivity contribution in [1.82, 2.24) is 0 Å². The zero-order valence-corrected chi connectivity index (χ0v) is 25.5. The molecular weight excluding hydrogens is 504 g/mol. The molecule has 0 amide bonds. The fourth-order valence-corrected chi connectivity index (χ4v) is 11.8. The quantitative estimate of drug-likeness (QED) is 0.312. The van der Waals surface area contributed by atoms with Gasteiger partial charge in [-0.05, 0) is 130 Å². The predicted molar refractivity (Wildman–Crippen MR) is 158 cm³/mol. The van der Waals surface area contributed by atoms with Crippen LogP contribution in [0.15, 0.2) is 46.9 Å². The second-order valence-corrected chi connectivity index (χ2v) is 16.3. The largest absolute Gasteiger partial charge is 0.393 e. The Morgan fingerprint density at radius 3 is 2.44 bits per heavy atom. The van der Waals surface area contributed by atoms with E-state index in [0.717, 1.165) is 43.9 Å². The van der Waals surface area contributed by atoms with Gasteiger partial charge in [0.1, 0.15) is 0 Å². The highest BCUT2D eigenvalue weighted by Crippen LogP contribution is 2.65. The smallest absolute Gasteiger partial charge is 0.181 e. The van der Waals surface area contributed by atoms with Crippen LogP contribution in [0.2, 0.25) is 0 Å². The Hall–Kier alpha value is -1.17. The van der Waals surface area contributed by atoms with Crippen LogP contribution in [0, 0.1) is 40.9 Å². The molecule has 1 aromatic carbocycles. The van der Waals surface area contributed by atoms with Crippen LogP contribution in [0.1, 0.15) is 105 Å². The van der Waals surface area contributed by atoms with E-state index >= 15 is 0 Å². The van der Waals surface area contributed by atoms with E-state index in [-0.39, 0.29) is 5.41 Å². The molecule has 4 nitrogen and oxygen atoms in total. The topological polar surface area (TPSA) is 74.6 Å². The first-order valence-corrected chi connectivity index (χ1v) is 17.5. The first-order valence-electron chi connectivity index (χ1n) is 15.9. The zero-order chi connectivity index (χ0) is 28.0. The van der Waals surface area contributed by atoms with Crippen LogP contribution in [0.25, 0.3) is 0 Å². The molecule has 0 aromatic heterocycles. The molecule has 5 heteroatoms. The molecule has 218 valence electrons. The average Bonchev–Trinajstić information content (AvgIpc) is 3.30. The molecule has 0 radical (unpaired) electrons. The summed E-state index contributed by atoms with van der Waals surface area (Å²) in [5.41, 5.74) is 1.31. The van der Waals surface area contributed by atoms with Crippen molar-refractivity contribution >= 4 is 9.84 Å². The standard InChI is InChI=1S/C34H52O4S/c1-5-25(35)21-27(39(37,38)26-10-8-7-9-11-26)20-23(3)31-14-15-32-30-13-12-24-22-34(36,6-2)19-17-28(24)29(30)16-18-33(31,32)4/h7-12,23,25,27-32,35-36H,5-6,13-22H2,1-4H3/t23-,25-,27?,28+,29-,30-,31-,32+,33-,34+/m1/s1. The maximum Gasteiger partial charge on any atom is 0.181 e. The van der Waals surface area contributed by atoms with E-state index in [1.807, 2.05) is 13.0 Å². The molecule has 10 atom stereocenters. The van der Waals surface area contributed by atoms with E-state index in [1.54, 1.807) is 29.8 Å². The van der Waals surface area contributed by atoms with Gasteiger partial charge in [0, 0.05) is 0 Å². The second kappa shape index (κ2) is 11.2. The average molecular weight is 557 g/mol. The number of benzene rings is 1. The summed E-state index contributed by atoms with van der Waals surface area (Å²) in [5, 5.41) is 21.0. The molecule has 4 aliphatic carbocycles. The van der Waals surface area contributed by atoms with Gasteiger partial charge in [0.15, 0.2) is 9.84 Å². The van der Waals surface area contributed by atoms with Gasteiger partial charge in [0.05, 0.1) is 21.9 Å². The maximum absolute atomic E-state index is 13.8. The Kier molecular flexibility index (Phi) is 8.46. The summed E-state index contributed by atoms with van der Waals surface area (Å²) >= 11 is 0. The van der Waals surface area contributed by atoms with Crippen molar-refractivity contribution in [2.45, 2.75) is 127 Å². The number of sulfone groups is 1. The number of allylic oxidation sites excluding steroid dienone is 1. The molecular formula is C34H52O4S. The molecule has 2 N–H and O–H groups in total. The van der Waals surface area contributed by atoms with Crippen LogP contribution in [-0.2, 0) is 9.84 Å². The lowest BCUT2D eigenvalue weighted by Gasteiger charge is -2.55. The number of rotatable bonds is 9. The molecule has 0 heterocycles. The fourth-order valence-electron chi connectivity index (χ4n) is 9.84. The molecule has 3 fully saturated rings. The summed E-state index contributed by atoms with van der Waals surface area (Å²) in [6.07, 6.45) is 13.4. The van der Waals surface area contributed by atoms with Gasteiger partial charge in [-0.2, -0.15) is 0 Å². The number of aliphatic hydroxyl groups is 2. The molecule has 0 bridgehead atoms. The minimum Gasteiger partial charge on any atom is -0.393 e. The summed E-state index contributed by atoms with van der Waals surface area (Å²) in [5.74, 6) is 3.68. The second-order valence-electron chi connectivity index (χ2n) is 14.1. The molecule has 0 saturated heterocycles. The number of aliphatic hydroxyl groups excluding tert-OH is 1. The molecule has 0 aliphatic heterocycles. The summed E-state index contributed by atoms with van der Waals surface area (Å²) in [7, 11) is -3.51. The number of hydrogen-bond donors (Lipinski definition) is 2. The van der Waals surface area contributed by atoms with E-state index < -0.39 is 26.8 Å². The first kappa shape index (κ1) is 29.3. The van der Waals surface area contributed by atoms with Gasteiger partial charge in [-0.1, -0.05) is 57.5 Å². The van der Waals surface area contributed by atoms with Crippen molar-refractivity contribution in [3.8, 4) is 0 Å². The van der Waals surface area contributed by atoms with Gasteiger partial charge < -0.3 is 10.2 Å². The van der Waals surface area contributed by atoms with Gasteiger partial charge in [-0.3, -0.25) is 0 Å². The molecule has 1 aromatic rings. The predicted octanol–water partition coefficient (Wildman–Crippen LogP) is 7.35. The molecule has 4 aliphatic rings. The lowest BCUT2D eigenvalue weighted by atomic mass is 9.50. The molecule has 5 rings (SSSR count). The fraction of sp³-hybridized carbons (Fsp3) is 0.765. The van der Waals surface area contributed by atoms with Crippen LogP contribution in [0.3, 0.4) is 0 Å². The Balaban J connectivity index is 1.33. The zero-order valence-electron chi connectivity index (χ0n) is 24.7. The Morgan fingerprint density at radius 2 is 1.74 bits per heavy atom. The third kappa shape index (κ3) is 5.42. The van der Waals surface area contributed by atoms with Crippen LogP contribution in [0.4, 0.5) is 0 Å². The van der Waals surface area contributed by atoms with Crippen LogP contribution < -0.4 is 0 Å². The number of fused-ring (bicyclic) bond motifs is 5. The minimum absolute atomic E-state index is 0.259. The monoisotopic (exact) mass is 556 g/mol. The maximum atomic E-state index is 13.8. The molecule has 1 unspecified atom stereocenters. The van der Waals surface area contributed by atoms with Gasteiger partial charge in [-0.15, -0.1) is 0 Å². The van der Waals surface area contributed by atoms with Crippen LogP contribution in [-0.4, -0.2) is 35.6 Å². The van der Waals surface area contributed by atoms with E-state index in [0.29, 0.717) is 47.8 Å². The normalized spacial score (nSPS) is 38.6. The lowest BCUT2D eigenvalue weighted by Crippen LogP contribution is -2.48. The lowest BCUT2D eigenvalue weighted by molar-refractivity contribution is -0.0460. The Bertz CT molecular complexity index is 1130. The van der Waals surface area contributed by atoms with Crippen molar-refractivity contribution in [3.05, 3.63) is 42.0 Å². The number of hydrogen-bond acceptors (Lipinski definition) is 4. The SMILES string of the molecule is CC[C@@H](O)CC(C[C@@H](C)[C@H]1CC[C@H]2[C@@H]3CC=C4C[C@](O)(CC)CC[C@@H]4[C@H]3CC[C@]12C)S(=O)(=O)c1ccccc1. The van der Waals surface area contributed by atoms with Gasteiger partial charge in [-0.25, -0.2) is 8.42 Å². The van der Waals surface area contributed by atoms with E-state index in [9.17, 15) is 18.6 Å². The van der Waals surface area contributed by atoms with Crippen molar-refractivity contribution < 1.29 is 18.6 Å². The molecule has 0 spiro atoms.